The van der Waals surface area contributed by atoms with Crippen molar-refractivity contribution in [2.24, 2.45) is 0 Å². The van der Waals surface area contributed by atoms with E-state index in [9.17, 15) is 13.2 Å². The molecule has 1 nitrogen and oxygen atoms in total. The molecule has 100 valence electrons. The minimum absolute atomic E-state index is 0.0509. The van der Waals surface area contributed by atoms with Gasteiger partial charge in [-0.3, -0.25) is 0 Å². The van der Waals surface area contributed by atoms with Gasteiger partial charge in [0.05, 0.1) is 5.56 Å². The van der Waals surface area contributed by atoms with Gasteiger partial charge in [-0.2, -0.15) is 13.2 Å². The van der Waals surface area contributed by atoms with Crippen LogP contribution in [0.25, 0.3) is 0 Å². The fourth-order valence-electron chi connectivity index (χ4n) is 1.72. The second kappa shape index (κ2) is 5.53. The molecule has 0 unspecified atom stereocenters. The Morgan fingerprint density at radius 2 is 1.58 bits per heavy atom. The molecule has 5 heteroatoms. The zero-order valence-electron chi connectivity index (χ0n) is 9.84. The number of hydrogen-bond acceptors (Lipinski definition) is 1. The van der Waals surface area contributed by atoms with E-state index in [1.54, 1.807) is 30.3 Å². The Morgan fingerprint density at radius 1 is 0.947 bits per heavy atom. The van der Waals surface area contributed by atoms with Crippen molar-refractivity contribution in [3.8, 4) is 0 Å². The van der Waals surface area contributed by atoms with E-state index >= 15 is 0 Å². The van der Waals surface area contributed by atoms with Crippen LogP contribution in [0.1, 0.15) is 11.1 Å². The van der Waals surface area contributed by atoms with Crippen molar-refractivity contribution in [1.29, 1.82) is 0 Å². The predicted molar refractivity (Wildman–Crippen MR) is 70.2 cm³/mol. The summed E-state index contributed by atoms with van der Waals surface area (Å²) in [7, 11) is 0. The number of halogens is 4. The second-order valence-corrected chi connectivity index (χ2v) is 4.40. The molecule has 19 heavy (non-hydrogen) atoms. The van der Waals surface area contributed by atoms with Crippen molar-refractivity contribution in [2.75, 3.05) is 5.32 Å². The highest BCUT2D eigenvalue weighted by Crippen LogP contribution is 2.34. The van der Waals surface area contributed by atoms with Gasteiger partial charge in [-0.05, 0) is 23.8 Å². The second-order valence-electron chi connectivity index (χ2n) is 3.99. The molecule has 0 aliphatic rings. The zero-order valence-corrected chi connectivity index (χ0v) is 10.6. The highest BCUT2D eigenvalue weighted by molar-refractivity contribution is 6.31. The van der Waals surface area contributed by atoms with Crippen LogP contribution in [0.15, 0.2) is 48.5 Å². The Balaban J connectivity index is 2.19. The quantitative estimate of drug-likeness (QED) is 0.839. The molecule has 0 fully saturated rings. The van der Waals surface area contributed by atoms with E-state index in [1.807, 2.05) is 0 Å². The Bertz CT molecular complexity index is 567. The Hall–Kier alpha value is -1.68. The van der Waals surface area contributed by atoms with Crippen LogP contribution in [0, 0.1) is 0 Å². The lowest BCUT2D eigenvalue weighted by atomic mass is 10.1. The lowest BCUT2D eigenvalue weighted by Crippen LogP contribution is -2.10. The van der Waals surface area contributed by atoms with Crippen LogP contribution in [-0.4, -0.2) is 0 Å². The maximum Gasteiger partial charge on any atom is 0.418 e. The zero-order chi connectivity index (χ0) is 13.9. The highest BCUT2D eigenvalue weighted by Gasteiger charge is 2.32. The van der Waals surface area contributed by atoms with Crippen molar-refractivity contribution >= 4 is 17.3 Å². The summed E-state index contributed by atoms with van der Waals surface area (Å²) < 4.78 is 38.4. The first-order valence-corrected chi connectivity index (χ1v) is 6.00. The average molecular weight is 286 g/mol. The Kier molecular flexibility index (Phi) is 4.00. The van der Waals surface area contributed by atoms with E-state index in [-0.39, 0.29) is 12.2 Å². The van der Waals surface area contributed by atoms with E-state index in [0.717, 1.165) is 11.6 Å². The predicted octanol–water partition coefficient (Wildman–Crippen LogP) is 4.97. The van der Waals surface area contributed by atoms with Gasteiger partial charge < -0.3 is 5.32 Å². The maximum atomic E-state index is 12.8. The molecule has 0 saturated heterocycles. The number of anilines is 1. The van der Waals surface area contributed by atoms with E-state index in [2.05, 4.69) is 5.32 Å². The fraction of sp³-hybridized carbons (Fsp3) is 0.143. The lowest BCUT2D eigenvalue weighted by Gasteiger charge is -2.14. The van der Waals surface area contributed by atoms with Crippen molar-refractivity contribution in [3.63, 3.8) is 0 Å². The van der Waals surface area contributed by atoms with Crippen LogP contribution >= 0.6 is 11.6 Å². The van der Waals surface area contributed by atoms with Crippen molar-refractivity contribution < 1.29 is 13.2 Å². The molecule has 0 amide bonds. The smallest absolute Gasteiger partial charge is 0.380 e. The van der Waals surface area contributed by atoms with Crippen molar-refractivity contribution in [3.05, 3.63) is 64.7 Å². The Labute approximate surface area is 114 Å². The molecule has 0 heterocycles. The maximum absolute atomic E-state index is 12.8. The molecule has 2 aromatic rings. The normalized spacial score (nSPS) is 11.4. The summed E-state index contributed by atoms with van der Waals surface area (Å²) in [6, 6.07) is 12.4. The molecule has 1 N–H and O–H groups in total. The first-order chi connectivity index (χ1) is 8.98. The monoisotopic (exact) mass is 285 g/mol. The van der Waals surface area contributed by atoms with Gasteiger partial charge in [0, 0.05) is 17.3 Å². The SMILES string of the molecule is FC(F)(F)c1ccccc1NCc1ccccc1Cl. The van der Waals surface area contributed by atoms with Crippen molar-refractivity contribution in [2.45, 2.75) is 12.7 Å². The third-order valence-corrected chi connectivity index (χ3v) is 3.03. The van der Waals surface area contributed by atoms with E-state index in [4.69, 9.17) is 11.6 Å². The largest absolute Gasteiger partial charge is 0.418 e. The highest BCUT2D eigenvalue weighted by atomic mass is 35.5. The first-order valence-electron chi connectivity index (χ1n) is 5.62. The molecule has 0 aliphatic heterocycles. The third kappa shape index (κ3) is 3.41. The van der Waals surface area contributed by atoms with Gasteiger partial charge in [-0.1, -0.05) is 41.9 Å². The molecule has 2 aromatic carbocycles. The molecule has 0 aliphatic carbocycles. The summed E-state index contributed by atoms with van der Waals surface area (Å²) in [6.45, 7) is 0.243. The molecule has 0 bridgehead atoms. The van der Waals surface area contributed by atoms with Crippen molar-refractivity contribution in [1.82, 2.24) is 0 Å². The van der Waals surface area contributed by atoms with Gasteiger partial charge in [0.15, 0.2) is 0 Å². The number of nitrogens with one attached hydrogen (secondary N) is 1. The lowest BCUT2D eigenvalue weighted by molar-refractivity contribution is -0.136. The van der Waals surface area contributed by atoms with Gasteiger partial charge >= 0.3 is 6.18 Å². The molecular weight excluding hydrogens is 275 g/mol. The topological polar surface area (TPSA) is 12.0 Å². The summed E-state index contributed by atoms with van der Waals surface area (Å²) in [4.78, 5) is 0. The number of para-hydroxylation sites is 1. The summed E-state index contributed by atoms with van der Waals surface area (Å²) in [6.07, 6.45) is -4.37. The first kappa shape index (κ1) is 13.7. The summed E-state index contributed by atoms with van der Waals surface area (Å²) in [5, 5.41) is 3.30. The van der Waals surface area contributed by atoms with Crippen LogP contribution in [0.2, 0.25) is 5.02 Å². The number of alkyl halides is 3. The fourth-order valence-corrected chi connectivity index (χ4v) is 1.92. The molecule has 0 saturated carbocycles. The molecule has 0 radical (unpaired) electrons. The van der Waals surface area contributed by atoms with Gasteiger partial charge in [-0.25, -0.2) is 0 Å². The molecule has 0 atom stereocenters. The molecular formula is C14H11ClF3N. The van der Waals surface area contributed by atoms with Crippen LogP contribution in [0.4, 0.5) is 18.9 Å². The van der Waals surface area contributed by atoms with E-state index < -0.39 is 11.7 Å². The minimum atomic E-state index is -4.37. The molecule has 0 spiro atoms. The van der Waals surface area contributed by atoms with E-state index in [1.165, 1.54) is 12.1 Å². The summed E-state index contributed by atoms with van der Waals surface area (Å²) >= 11 is 5.96. The minimum Gasteiger partial charge on any atom is -0.380 e. The van der Waals surface area contributed by atoms with Gasteiger partial charge in [0.25, 0.3) is 0 Å². The number of hydrogen-bond donors (Lipinski definition) is 1. The number of rotatable bonds is 3. The average Bonchev–Trinajstić information content (AvgIpc) is 2.37. The summed E-state index contributed by atoms with van der Waals surface area (Å²) in [5.41, 5.74) is 0.123. The van der Waals surface area contributed by atoms with Gasteiger partial charge in [0.2, 0.25) is 0 Å². The van der Waals surface area contributed by atoms with Crippen LogP contribution in [0.5, 0.6) is 0 Å². The van der Waals surface area contributed by atoms with Crippen LogP contribution in [-0.2, 0) is 12.7 Å². The van der Waals surface area contributed by atoms with Gasteiger partial charge in [0.1, 0.15) is 0 Å². The van der Waals surface area contributed by atoms with Crippen LogP contribution in [0.3, 0.4) is 0 Å². The third-order valence-electron chi connectivity index (χ3n) is 2.66. The number of benzene rings is 2. The standard InChI is InChI=1S/C14H11ClF3N/c15-12-7-3-1-5-10(12)9-19-13-8-4-2-6-11(13)14(16,17)18/h1-8,19H,9H2. The van der Waals surface area contributed by atoms with E-state index in [0.29, 0.717) is 5.02 Å². The Morgan fingerprint density at radius 3 is 2.26 bits per heavy atom. The van der Waals surface area contributed by atoms with Crippen LogP contribution < -0.4 is 5.32 Å². The molecule has 2 rings (SSSR count). The molecule has 0 aromatic heterocycles. The van der Waals surface area contributed by atoms with Gasteiger partial charge in [-0.15, -0.1) is 0 Å². The summed E-state index contributed by atoms with van der Waals surface area (Å²) in [5.74, 6) is 0.